The number of carbonyl (C=O) groups excluding carboxylic acids is 2. The van der Waals surface area contributed by atoms with E-state index in [-0.39, 0.29) is 0 Å². The van der Waals surface area contributed by atoms with E-state index in [0.29, 0.717) is 5.92 Å². The molecule has 20 heavy (non-hydrogen) atoms. The van der Waals surface area contributed by atoms with Crippen molar-refractivity contribution in [1.82, 2.24) is 0 Å². The molecule has 2 aliphatic rings. The summed E-state index contributed by atoms with van der Waals surface area (Å²) in [5, 5.41) is 0. The van der Waals surface area contributed by atoms with E-state index in [2.05, 4.69) is 6.92 Å². The highest BCUT2D eigenvalue weighted by molar-refractivity contribution is 6.04. The van der Waals surface area contributed by atoms with Gasteiger partial charge in [0.25, 0.3) is 0 Å². The molecular formula is C16H22O4. The third kappa shape index (κ3) is 2.07. The monoisotopic (exact) mass is 278 g/mol. The van der Waals surface area contributed by atoms with Gasteiger partial charge < -0.3 is 9.47 Å². The van der Waals surface area contributed by atoms with Crippen LogP contribution in [0.1, 0.15) is 39.5 Å². The van der Waals surface area contributed by atoms with E-state index in [1.54, 1.807) is 6.92 Å². The second-order valence-corrected chi connectivity index (χ2v) is 5.73. The first-order valence-corrected chi connectivity index (χ1v) is 7.05. The van der Waals surface area contributed by atoms with Gasteiger partial charge in [0.05, 0.1) is 14.2 Å². The minimum Gasteiger partial charge on any atom is -0.468 e. The minimum absolute atomic E-state index is 0.382. The molecule has 1 fully saturated rings. The Labute approximate surface area is 119 Å². The summed E-state index contributed by atoms with van der Waals surface area (Å²) in [7, 11) is 2.61. The maximum atomic E-state index is 12.2. The van der Waals surface area contributed by atoms with Gasteiger partial charge in [0, 0.05) is 5.92 Å². The van der Waals surface area contributed by atoms with Crippen LogP contribution in [-0.4, -0.2) is 26.2 Å². The van der Waals surface area contributed by atoms with E-state index < -0.39 is 17.4 Å². The maximum Gasteiger partial charge on any atom is 0.327 e. The number of allylic oxidation sites excluding steroid dienone is 3. The Hall–Kier alpha value is -1.58. The molecule has 4 nitrogen and oxygen atoms in total. The van der Waals surface area contributed by atoms with Crippen LogP contribution in [-0.2, 0) is 19.1 Å². The van der Waals surface area contributed by atoms with Gasteiger partial charge in [0.15, 0.2) is 5.41 Å². The van der Waals surface area contributed by atoms with Gasteiger partial charge in [-0.25, -0.2) is 0 Å². The Bertz CT molecular complexity index is 483. The molecule has 1 atom stereocenters. The van der Waals surface area contributed by atoms with Gasteiger partial charge in [-0.15, -0.1) is 0 Å². The van der Waals surface area contributed by atoms with E-state index in [9.17, 15) is 9.59 Å². The van der Waals surface area contributed by atoms with Crippen molar-refractivity contribution in [3.05, 3.63) is 22.8 Å². The first kappa shape index (κ1) is 14.8. The molecule has 0 bridgehead atoms. The van der Waals surface area contributed by atoms with E-state index >= 15 is 0 Å². The van der Waals surface area contributed by atoms with Crippen LogP contribution < -0.4 is 0 Å². The molecular weight excluding hydrogens is 256 g/mol. The molecule has 0 N–H and O–H groups in total. The van der Waals surface area contributed by atoms with Gasteiger partial charge in [0.2, 0.25) is 0 Å². The van der Waals surface area contributed by atoms with E-state index in [1.165, 1.54) is 31.8 Å². The fourth-order valence-electron chi connectivity index (χ4n) is 3.44. The van der Waals surface area contributed by atoms with Crippen molar-refractivity contribution in [2.45, 2.75) is 39.5 Å². The molecule has 0 aromatic rings. The van der Waals surface area contributed by atoms with Crippen LogP contribution in [0.5, 0.6) is 0 Å². The number of carbonyl (C=O) groups is 2. The predicted molar refractivity (Wildman–Crippen MR) is 74.9 cm³/mol. The fraction of sp³-hybridized carbons (Fsp3) is 0.625. The summed E-state index contributed by atoms with van der Waals surface area (Å²) in [6, 6.07) is 0. The summed E-state index contributed by atoms with van der Waals surface area (Å²) in [4.78, 5) is 24.4. The number of methoxy groups -OCH3 is 2. The Kier molecular flexibility index (Phi) is 4.02. The molecule has 2 rings (SSSR count). The van der Waals surface area contributed by atoms with Crippen molar-refractivity contribution < 1.29 is 19.1 Å². The zero-order valence-corrected chi connectivity index (χ0v) is 12.6. The SMILES string of the molecule is COC(=O)C(C)(C(=O)OC)C1=C2CCCCC2C(C)=C1. The lowest BCUT2D eigenvalue weighted by Gasteiger charge is -2.29. The summed E-state index contributed by atoms with van der Waals surface area (Å²) >= 11 is 0. The van der Waals surface area contributed by atoms with Crippen molar-refractivity contribution >= 4 is 11.9 Å². The third-order valence-corrected chi connectivity index (χ3v) is 4.60. The third-order valence-electron chi connectivity index (χ3n) is 4.60. The van der Waals surface area contributed by atoms with Gasteiger partial charge in [-0.2, -0.15) is 0 Å². The zero-order chi connectivity index (χ0) is 14.9. The summed E-state index contributed by atoms with van der Waals surface area (Å²) < 4.78 is 9.73. The lowest BCUT2D eigenvalue weighted by Crippen LogP contribution is -2.40. The highest BCUT2D eigenvalue weighted by Gasteiger charge is 2.50. The second kappa shape index (κ2) is 5.43. The van der Waals surface area contributed by atoms with Crippen molar-refractivity contribution in [2.24, 2.45) is 11.3 Å². The van der Waals surface area contributed by atoms with E-state index in [0.717, 1.165) is 24.8 Å². The summed E-state index contributed by atoms with van der Waals surface area (Å²) in [5.74, 6) is -0.725. The highest BCUT2D eigenvalue weighted by Crippen LogP contribution is 2.48. The molecule has 2 aliphatic carbocycles. The molecule has 0 aromatic carbocycles. The van der Waals surface area contributed by atoms with Crippen molar-refractivity contribution in [2.75, 3.05) is 14.2 Å². The van der Waals surface area contributed by atoms with Gasteiger partial charge in [-0.3, -0.25) is 9.59 Å². The Morgan fingerprint density at radius 2 is 1.80 bits per heavy atom. The molecule has 4 heteroatoms. The zero-order valence-electron chi connectivity index (χ0n) is 12.6. The van der Waals surface area contributed by atoms with E-state index in [1.807, 2.05) is 6.08 Å². The highest BCUT2D eigenvalue weighted by atomic mass is 16.5. The summed E-state index contributed by atoms with van der Waals surface area (Å²) in [6.07, 6.45) is 6.32. The number of hydrogen-bond acceptors (Lipinski definition) is 4. The molecule has 1 saturated carbocycles. The number of esters is 2. The Balaban J connectivity index is 2.54. The normalized spacial score (nSPS) is 22.2. The maximum absolute atomic E-state index is 12.2. The van der Waals surface area contributed by atoms with Crippen LogP contribution in [0.4, 0.5) is 0 Å². The first-order chi connectivity index (χ1) is 9.46. The van der Waals surface area contributed by atoms with E-state index in [4.69, 9.17) is 9.47 Å². The van der Waals surface area contributed by atoms with Crippen LogP contribution in [0.3, 0.4) is 0 Å². The summed E-state index contributed by atoms with van der Waals surface area (Å²) in [5.41, 5.74) is 1.88. The topological polar surface area (TPSA) is 52.6 Å². The largest absolute Gasteiger partial charge is 0.468 e. The number of hydrogen-bond donors (Lipinski definition) is 0. The van der Waals surface area contributed by atoms with Gasteiger partial charge in [0.1, 0.15) is 0 Å². The Morgan fingerprint density at radius 3 is 2.35 bits per heavy atom. The van der Waals surface area contributed by atoms with Crippen LogP contribution in [0.2, 0.25) is 0 Å². The predicted octanol–water partition coefficient (Wildman–Crippen LogP) is 2.79. The molecule has 1 unspecified atom stereocenters. The quantitative estimate of drug-likeness (QED) is 0.588. The van der Waals surface area contributed by atoms with Gasteiger partial charge in [-0.05, 0) is 38.7 Å². The smallest absolute Gasteiger partial charge is 0.327 e. The average molecular weight is 278 g/mol. The number of rotatable bonds is 3. The van der Waals surface area contributed by atoms with Crippen LogP contribution in [0, 0.1) is 11.3 Å². The van der Waals surface area contributed by atoms with Crippen LogP contribution >= 0.6 is 0 Å². The molecule has 0 heterocycles. The van der Waals surface area contributed by atoms with Crippen molar-refractivity contribution in [3.8, 4) is 0 Å². The lowest BCUT2D eigenvalue weighted by atomic mass is 9.76. The Morgan fingerprint density at radius 1 is 1.20 bits per heavy atom. The molecule has 0 radical (unpaired) electrons. The van der Waals surface area contributed by atoms with Crippen molar-refractivity contribution in [3.63, 3.8) is 0 Å². The van der Waals surface area contributed by atoms with Gasteiger partial charge >= 0.3 is 11.9 Å². The van der Waals surface area contributed by atoms with Crippen LogP contribution in [0.25, 0.3) is 0 Å². The standard InChI is InChI=1S/C16H22O4/c1-10-9-13(12-8-6-5-7-11(10)12)16(2,14(17)19-3)15(18)20-4/h9,11H,5-8H2,1-4H3. The van der Waals surface area contributed by atoms with Crippen LogP contribution in [0.15, 0.2) is 22.8 Å². The molecule has 110 valence electrons. The number of fused-ring (bicyclic) bond motifs is 1. The minimum atomic E-state index is -1.35. The van der Waals surface area contributed by atoms with Crippen molar-refractivity contribution in [1.29, 1.82) is 0 Å². The van der Waals surface area contributed by atoms with Gasteiger partial charge in [-0.1, -0.05) is 23.6 Å². The first-order valence-electron chi connectivity index (χ1n) is 7.05. The number of ether oxygens (including phenoxy) is 2. The molecule has 0 spiro atoms. The second-order valence-electron chi connectivity index (χ2n) is 5.73. The molecule has 0 amide bonds. The lowest BCUT2D eigenvalue weighted by molar-refractivity contribution is -0.164. The molecule has 0 aromatic heterocycles. The fourth-order valence-corrected chi connectivity index (χ4v) is 3.44. The summed E-state index contributed by atoms with van der Waals surface area (Å²) in [6.45, 7) is 3.67. The average Bonchev–Trinajstić information content (AvgIpc) is 2.82. The molecule has 0 saturated heterocycles. The molecule has 0 aliphatic heterocycles.